The van der Waals surface area contributed by atoms with Crippen LogP contribution in [0, 0.1) is 0 Å². The predicted octanol–water partition coefficient (Wildman–Crippen LogP) is 3.57. The molecule has 2 rings (SSSR count). The summed E-state index contributed by atoms with van der Waals surface area (Å²) >= 11 is 3.42. The number of rotatable bonds is 5. The van der Waals surface area contributed by atoms with Gasteiger partial charge in [-0.2, -0.15) is 0 Å². The van der Waals surface area contributed by atoms with Crippen molar-refractivity contribution in [3.05, 3.63) is 58.6 Å². The minimum atomic E-state index is 0.0660. The summed E-state index contributed by atoms with van der Waals surface area (Å²) in [5.74, 6) is 0.841. The van der Waals surface area contributed by atoms with Crippen LogP contribution in [0.3, 0.4) is 0 Å². The first-order valence-corrected chi connectivity index (χ1v) is 6.88. The van der Waals surface area contributed by atoms with Gasteiger partial charge in [-0.1, -0.05) is 28.1 Å². The first-order chi connectivity index (χ1) is 9.22. The molecule has 3 N–H and O–H groups in total. The Balaban J connectivity index is 2.17. The summed E-state index contributed by atoms with van der Waals surface area (Å²) < 4.78 is 6.30. The Morgan fingerprint density at radius 2 is 1.95 bits per heavy atom. The summed E-state index contributed by atoms with van der Waals surface area (Å²) in [5, 5.41) is 3.42. The molecule has 4 heteroatoms. The second-order valence-corrected chi connectivity index (χ2v) is 5.13. The van der Waals surface area contributed by atoms with E-state index in [1.807, 2.05) is 48.5 Å². The van der Waals surface area contributed by atoms with E-state index in [4.69, 9.17) is 10.5 Å². The van der Waals surface area contributed by atoms with Crippen molar-refractivity contribution >= 4 is 21.6 Å². The van der Waals surface area contributed by atoms with Gasteiger partial charge in [-0.3, -0.25) is 0 Å². The molecule has 2 aromatic rings. The normalized spacial score (nSPS) is 11.9. The monoisotopic (exact) mass is 320 g/mol. The van der Waals surface area contributed by atoms with Crippen LogP contribution in [0.15, 0.2) is 53.0 Å². The fourth-order valence-electron chi connectivity index (χ4n) is 1.88. The summed E-state index contributed by atoms with van der Waals surface area (Å²) in [7, 11) is 1.67. The van der Waals surface area contributed by atoms with E-state index in [1.165, 1.54) is 0 Å². The molecule has 3 nitrogen and oxygen atoms in total. The van der Waals surface area contributed by atoms with Gasteiger partial charge in [0, 0.05) is 16.7 Å². The highest BCUT2D eigenvalue weighted by atomic mass is 79.9. The third kappa shape index (κ3) is 3.72. The zero-order chi connectivity index (χ0) is 13.7. The van der Waals surface area contributed by atoms with Crippen LogP contribution in [0.1, 0.15) is 11.6 Å². The van der Waals surface area contributed by atoms with Gasteiger partial charge in [0.05, 0.1) is 13.2 Å². The number of hydrogen-bond acceptors (Lipinski definition) is 3. The molecule has 19 heavy (non-hydrogen) atoms. The van der Waals surface area contributed by atoms with E-state index in [0.717, 1.165) is 21.5 Å². The van der Waals surface area contributed by atoms with Crippen molar-refractivity contribution in [2.75, 3.05) is 19.0 Å². The van der Waals surface area contributed by atoms with E-state index in [0.29, 0.717) is 6.54 Å². The van der Waals surface area contributed by atoms with Crippen LogP contribution >= 0.6 is 15.9 Å². The number of halogens is 1. The maximum atomic E-state index is 5.86. The van der Waals surface area contributed by atoms with E-state index in [9.17, 15) is 0 Å². The minimum absolute atomic E-state index is 0.0660. The third-order valence-electron chi connectivity index (χ3n) is 2.92. The molecule has 100 valence electrons. The van der Waals surface area contributed by atoms with Crippen molar-refractivity contribution in [1.82, 2.24) is 0 Å². The van der Waals surface area contributed by atoms with Crippen LogP contribution in [-0.4, -0.2) is 13.7 Å². The zero-order valence-corrected chi connectivity index (χ0v) is 12.4. The van der Waals surface area contributed by atoms with Crippen molar-refractivity contribution in [2.45, 2.75) is 6.04 Å². The number of anilines is 1. The van der Waals surface area contributed by atoms with Crippen molar-refractivity contribution in [3.63, 3.8) is 0 Å². The number of hydrogen-bond donors (Lipinski definition) is 2. The van der Waals surface area contributed by atoms with Crippen molar-refractivity contribution in [1.29, 1.82) is 0 Å². The van der Waals surface area contributed by atoms with Gasteiger partial charge >= 0.3 is 0 Å². The molecule has 1 atom stereocenters. The van der Waals surface area contributed by atoms with Gasteiger partial charge in [0.25, 0.3) is 0 Å². The maximum absolute atomic E-state index is 5.86. The quantitative estimate of drug-likeness (QED) is 0.885. The van der Waals surface area contributed by atoms with Gasteiger partial charge in [0.15, 0.2) is 0 Å². The molecule has 0 saturated heterocycles. The largest absolute Gasteiger partial charge is 0.497 e. The molecule has 1 unspecified atom stereocenters. The lowest BCUT2D eigenvalue weighted by Crippen LogP contribution is -2.20. The van der Waals surface area contributed by atoms with Crippen molar-refractivity contribution in [3.8, 4) is 5.75 Å². The summed E-state index contributed by atoms with van der Waals surface area (Å²) in [5.41, 5.74) is 8.02. The van der Waals surface area contributed by atoms with Crippen molar-refractivity contribution < 1.29 is 4.74 Å². The number of nitrogens with one attached hydrogen (secondary N) is 1. The topological polar surface area (TPSA) is 47.3 Å². The minimum Gasteiger partial charge on any atom is -0.497 e. The molecule has 0 heterocycles. The second-order valence-electron chi connectivity index (χ2n) is 4.22. The first kappa shape index (κ1) is 13.9. The van der Waals surface area contributed by atoms with Crippen LogP contribution in [0.25, 0.3) is 0 Å². The van der Waals surface area contributed by atoms with E-state index in [1.54, 1.807) is 7.11 Å². The second kappa shape index (κ2) is 6.59. The Kier molecular flexibility index (Phi) is 4.82. The summed E-state index contributed by atoms with van der Waals surface area (Å²) in [6.07, 6.45) is 0. The lowest BCUT2D eigenvalue weighted by Gasteiger charge is -2.19. The molecule has 0 aliphatic carbocycles. The standard InChI is InChI=1S/C15H17BrN2O/c1-19-14-4-2-3-11(9-14)15(10-17)18-13-7-5-12(16)6-8-13/h2-9,15,18H,10,17H2,1H3. The van der Waals surface area contributed by atoms with Gasteiger partial charge in [0.2, 0.25) is 0 Å². The molecule has 0 spiro atoms. The fraction of sp³-hybridized carbons (Fsp3) is 0.200. The summed E-state index contributed by atoms with van der Waals surface area (Å²) in [6, 6.07) is 16.1. The number of nitrogens with two attached hydrogens (primary N) is 1. The lowest BCUT2D eigenvalue weighted by molar-refractivity contribution is 0.414. The number of ether oxygens (including phenoxy) is 1. The Labute approximate surface area is 121 Å². The van der Waals surface area contributed by atoms with E-state index in [2.05, 4.69) is 21.2 Å². The highest BCUT2D eigenvalue weighted by Gasteiger charge is 2.10. The number of methoxy groups -OCH3 is 1. The molecular formula is C15H17BrN2O. The van der Waals surface area contributed by atoms with Gasteiger partial charge in [-0.05, 0) is 42.0 Å². The maximum Gasteiger partial charge on any atom is 0.119 e. The van der Waals surface area contributed by atoms with Gasteiger partial charge < -0.3 is 15.8 Å². The zero-order valence-electron chi connectivity index (χ0n) is 10.8. The number of benzene rings is 2. The summed E-state index contributed by atoms with van der Waals surface area (Å²) in [6.45, 7) is 0.517. The molecule has 0 saturated carbocycles. The van der Waals surface area contributed by atoms with Crippen LogP contribution in [0.4, 0.5) is 5.69 Å². The molecule has 2 aromatic carbocycles. The molecule has 0 radical (unpaired) electrons. The van der Waals surface area contributed by atoms with Crippen molar-refractivity contribution in [2.24, 2.45) is 5.73 Å². The molecule has 0 aliphatic rings. The fourth-order valence-corrected chi connectivity index (χ4v) is 2.15. The first-order valence-electron chi connectivity index (χ1n) is 6.09. The lowest BCUT2D eigenvalue weighted by atomic mass is 10.1. The SMILES string of the molecule is COc1cccc(C(CN)Nc2ccc(Br)cc2)c1. The molecule has 0 bridgehead atoms. The predicted molar refractivity (Wildman–Crippen MR) is 82.6 cm³/mol. The molecule has 0 fully saturated rings. The van der Waals surface area contributed by atoms with Crippen LogP contribution in [-0.2, 0) is 0 Å². The van der Waals surface area contributed by atoms with Gasteiger partial charge in [0.1, 0.15) is 5.75 Å². The molecule has 0 aromatic heterocycles. The molecular weight excluding hydrogens is 304 g/mol. The average molecular weight is 321 g/mol. The average Bonchev–Trinajstić information content (AvgIpc) is 2.46. The molecule has 0 amide bonds. The summed E-state index contributed by atoms with van der Waals surface area (Å²) in [4.78, 5) is 0. The van der Waals surface area contributed by atoms with Crippen LogP contribution in [0.5, 0.6) is 5.75 Å². The van der Waals surface area contributed by atoms with Gasteiger partial charge in [-0.15, -0.1) is 0 Å². The van der Waals surface area contributed by atoms with Gasteiger partial charge in [-0.25, -0.2) is 0 Å². The highest BCUT2D eigenvalue weighted by Crippen LogP contribution is 2.23. The Hall–Kier alpha value is -1.52. The third-order valence-corrected chi connectivity index (χ3v) is 3.45. The van der Waals surface area contributed by atoms with E-state index in [-0.39, 0.29) is 6.04 Å². The highest BCUT2D eigenvalue weighted by molar-refractivity contribution is 9.10. The molecule has 0 aliphatic heterocycles. The van der Waals surface area contributed by atoms with Crippen LogP contribution in [0.2, 0.25) is 0 Å². The Morgan fingerprint density at radius 3 is 2.58 bits per heavy atom. The van der Waals surface area contributed by atoms with E-state index >= 15 is 0 Å². The Bertz CT molecular complexity index is 528. The Morgan fingerprint density at radius 1 is 1.21 bits per heavy atom. The van der Waals surface area contributed by atoms with Crippen LogP contribution < -0.4 is 15.8 Å². The smallest absolute Gasteiger partial charge is 0.119 e. The van der Waals surface area contributed by atoms with E-state index < -0.39 is 0 Å².